The van der Waals surface area contributed by atoms with E-state index in [0.717, 1.165) is 6.61 Å². The zero-order valence-electron chi connectivity index (χ0n) is 11.4. The summed E-state index contributed by atoms with van der Waals surface area (Å²) in [6, 6.07) is 0.713. The second-order valence-electron chi connectivity index (χ2n) is 5.73. The van der Waals surface area contributed by atoms with Crippen LogP contribution < -0.4 is 10.6 Å². The van der Waals surface area contributed by atoms with E-state index in [4.69, 9.17) is 4.74 Å². The van der Waals surface area contributed by atoms with Gasteiger partial charge in [-0.05, 0) is 57.5 Å². The van der Waals surface area contributed by atoms with Crippen molar-refractivity contribution in [3.05, 3.63) is 0 Å². The first-order valence-corrected chi connectivity index (χ1v) is 7.34. The van der Waals surface area contributed by atoms with E-state index < -0.39 is 0 Å². The van der Waals surface area contributed by atoms with Crippen LogP contribution in [0.25, 0.3) is 0 Å². The quantitative estimate of drug-likeness (QED) is 0.744. The van der Waals surface area contributed by atoms with E-state index in [2.05, 4.69) is 24.5 Å². The Balaban J connectivity index is 1.67. The molecule has 100 valence electrons. The van der Waals surface area contributed by atoms with Gasteiger partial charge in [-0.25, -0.2) is 0 Å². The maximum atomic E-state index is 5.60. The summed E-state index contributed by atoms with van der Waals surface area (Å²) in [6.45, 7) is 8.89. The van der Waals surface area contributed by atoms with Crippen molar-refractivity contribution in [3.63, 3.8) is 0 Å². The number of nitrogens with one attached hydrogen (secondary N) is 2. The van der Waals surface area contributed by atoms with Crippen LogP contribution in [0.5, 0.6) is 0 Å². The van der Waals surface area contributed by atoms with Crippen molar-refractivity contribution in [2.75, 3.05) is 26.2 Å². The zero-order chi connectivity index (χ0) is 12.1. The highest BCUT2D eigenvalue weighted by Gasteiger charge is 2.34. The lowest BCUT2D eigenvalue weighted by Crippen LogP contribution is -2.51. The number of ether oxygens (including phenoxy) is 1. The van der Waals surface area contributed by atoms with Gasteiger partial charge in [-0.1, -0.05) is 6.92 Å². The average molecular weight is 240 g/mol. The van der Waals surface area contributed by atoms with Crippen molar-refractivity contribution in [1.82, 2.24) is 10.6 Å². The summed E-state index contributed by atoms with van der Waals surface area (Å²) in [5.41, 5.74) is 0.557. The first-order valence-electron chi connectivity index (χ1n) is 7.34. The fraction of sp³-hybridized carbons (Fsp3) is 1.00. The van der Waals surface area contributed by atoms with Gasteiger partial charge in [-0.15, -0.1) is 0 Å². The normalized spacial score (nSPS) is 32.1. The standard InChI is InChI=1S/C14H28N2O/c1-3-14(5-7-15-8-6-14)11-16-12-9-13(10-12)17-4-2/h12-13,15-16H,3-11H2,1-2H3. The zero-order valence-corrected chi connectivity index (χ0v) is 11.4. The second-order valence-corrected chi connectivity index (χ2v) is 5.73. The van der Waals surface area contributed by atoms with Gasteiger partial charge in [0.1, 0.15) is 0 Å². The van der Waals surface area contributed by atoms with Gasteiger partial charge in [0.15, 0.2) is 0 Å². The molecule has 17 heavy (non-hydrogen) atoms. The van der Waals surface area contributed by atoms with Crippen LogP contribution in [0.2, 0.25) is 0 Å². The highest BCUT2D eigenvalue weighted by atomic mass is 16.5. The summed E-state index contributed by atoms with van der Waals surface area (Å²) in [4.78, 5) is 0. The average Bonchev–Trinajstić information content (AvgIpc) is 2.33. The molecule has 0 spiro atoms. The van der Waals surface area contributed by atoms with Crippen molar-refractivity contribution >= 4 is 0 Å². The highest BCUT2D eigenvalue weighted by molar-refractivity contribution is 4.91. The Morgan fingerprint density at radius 2 is 1.94 bits per heavy atom. The Morgan fingerprint density at radius 1 is 1.24 bits per heavy atom. The van der Waals surface area contributed by atoms with Gasteiger partial charge in [0.25, 0.3) is 0 Å². The van der Waals surface area contributed by atoms with Crippen LogP contribution in [0.3, 0.4) is 0 Å². The van der Waals surface area contributed by atoms with E-state index in [9.17, 15) is 0 Å². The van der Waals surface area contributed by atoms with Gasteiger partial charge in [-0.2, -0.15) is 0 Å². The maximum absolute atomic E-state index is 5.60. The van der Waals surface area contributed by atoms with Crippen molar-refractivity contribution in [2.45, 2.75) is 58.1 Å². The Kier molecular flexibility index (Phi) is 4.83. The van der Waals surface area contributed by atoms with Crippen LogP contribution in [-0.2, 0) is 4.74 Å². The van der Waals surface area contributed by atoms with E-state index in [1.54, 1.807) is 0 Å². The molecule has 3 nitrogen and oxygen atoms in total. The minimum atomic E-state index is 0.531. The molecule has 0 radical (unpaired) electrons. The van der Waals surface area contributed by atoms with E-state index in [0.29, 0.717) is 17.6 Å². The molecule has 2 fully saturated rings. The fourth-order valence-electron chi connectivity index (χ4n) is 3.08. The molecular weight excluding hydrogens is 212 g/mol. The van der Waals surface area contributed by atoms with Gasteiger partial charge >= 0.3 is 0 Å². The molecule has 2 N–H and O–H groups in total. The molecule has 3 heteroatoms. The molecule has 0 aromatic rings. The number of hydrogen-bond donors (Lipinski definition) is 2. The molecule has 0 bridgehead atoms. The summed E-state index contributed by atoms with van der Waals surface area (Å²) in [5, 5.41) is 7.23. The minimum absolute atomic E-state index is 0.531. The third-order valence-corrected chi connectivity index (χ3v) is 4.68. The van der Waals surface area contributed by atoms with E-state index in [-0.39, 0.29) is 0 Å². The maximum Gasteiger partial charge on any atom is 0.0604 e. The summed E-state index contributed by atoms with van der Waals surface area (Å²) < 4.78 is 5.60. The molecule has 0 amide bonds. The monoisotopic (exact) mass is 240 g/mol. The molecule has 1 aliphatic carbocycles. The minimum Gasteiger partial charge on any atom is -0.378 e. The molecule has 2 rings (SSSR count). The second kappa shape index (κ2) is 6.17. The molecule has 2 aliphatic rings. The predicted octanol–water partition coefficient (Wildman–Crippen LogP) is 1.92. The molecule has 1 heterocycles. The first kappa shape index (κ1) is 13.3. The topological polar surface area (TPSA) is 33.3 Å². The van der Waals surface area contributed by atoms with E-state index in [1.165, 1.54) is 51.7 Å². The Labute approximate surface area is 106 Å². The van der Waals surface area contributed by atoms with Crippen LogP contribution in [0.4, 0.5) is 0 Å². The van der Waals surface area contributed by atoms with Crippen LogP contribution >= 0.6 is 0 Å². The number of piperidine rings is 1. The van der Waals surface area contributed by atoms with Crippen LogP contribution in [0, 0.1) is 5.41 Å². The Bertz CT molecular complexity index is 220. The molecule has 0 unspecified atom stereocenters. The van der Waals surface area contributed by atoms with Crippen molar-refractivity contribution < 1.29 is 4.74 Å². The summed E-state index contributed by atoms with van der Waals surface area (Å²) in [6.07, 6.45) is 6.93. The lowest BCUT2D eigenvalue weighted by Gasteiger charge is -2.41. The van der Waals surface area contributed by atoms with Gasteiger partial charge < -0.3 is 15.4 Å². The lowest BCUT2D eigenvalue weighted by atomic mass is 9.76. The Hall–Kier alpha value is -0.120. The fourth-order valence-corrected chi connectivity index (χ4v) is 3.08. The van der Waals surface area contributed by atoms with Gasteiger partial charge in [0.05, 0.1) is 6.10 Å². The van der Waals surface area contributed by atoms with Gasteiger partial charge in [0.2, 0.25) is 0 Å². The van der Waals surface area contributed by atoms with E-state index >= 15 is 0 Å². The third-order valence-electron chi connectivity index (χ3n) is 4.68. The Morgan fingerprint density at radius 3 is 2.53 bits per heavy atom. The molecule has 1 saturated heterocycles. The van der Waals surface area contributed by atoms with Crippen molar-refractivity contribution in [1.29, 1.82) is 0 Å². The van der Waals surface area contributed by atoms with Crippen molar-refractivity contribution in [2.24, 2.45) is 5.41 Å². The van der Waals surface area contributed by atoms with Crippen LogP contribution in [0.15, 0.2) is 0 Å². The molecule has 0 aromatic heterocycles. The van der Waals surface area contributed by atoms with E-state index in [1.807, 2.05) is 0 Å². The molecular formula is C14H28N2O. The lowest BCUT2D eigenvalue weighted by molar-refractivity contribution is -0.0132. The summed E-state index contributed by atoms with van der Waals surface area (Å²) in [7, 11) is 0. The van der Waals surface area contributed by atoms with Crippen LogP contribution in [-0.4, -0.2) is 38.4 Å². The van der Waals surface area contributed by atoms with Gasteiger partial charge in [0, 0.05) is 19.2 Å². The molecule has 1 aliphatic heterocycles. The highest BCUT2D eigenvalue weighted by Crippen LogP contribution is 2.33. The predicted molar refractivity (Wildman–Crippen MR) is 71.3 cm³/mol. The molecule has 0 atom stereocenters. The first-order chi connectivity index (χ1) is 8.28. The smallest absolute Gasteiger partial charge is 0.0604 e. The number of rotatable bonds is 6. The SMILES string of the molecule is CCOC1CC(NCC2(CC)CCNCC2)C1. The summed E-state index contributed by atoms with van der Waals surface area (Å²) >= 11 is 0. The molecule has 1 saturated carbocycles. The largest absolute Gasteiger partial charge is 0.378 e. The third kappa shape index (κ3) is 3.43. The summed E-state index contributed by atoms with van der Waals surface area (Å²) in [5.74, 6) is 0. The van der Waals surface area contributed by atoms with Crippen LogP contribution in [0.1, 0.15) is 46.0 Å². The molecule has 0 aromatic carbocycles. The van der Waals surface area contributed by atoms with Crippen molar-refractivity contribution in [3.8, 4) is 0 Å². The number of hydrogen-bond acceptors (Lipinski definition) is 3. The van der Waals surface area contributed by atoms with Gasteiger partial charge in [-0.3, -0.25) is 0 Å².